The number of aromatic hydroxyl groups is 1. The highest BCUT2D eigenvalue weighted by molar-refractivity contribution is 5.88. The maximum absolute atomic E-state index is 13.8. The van der Waals surface area contributed by atoms with Gasteiger partial charge in [0.25, 0.3) is 5.56 Å². The molecule has 0 radical (unpaired) electrons. The van der Waals surface area contributed by atoms with Crippen LogP contribution in [0.15, 0.2) is 77.6 Å². The summed E-state index contributed by atoms with van der Waals surface area (Å²) in [5.41, 5.74) is 5.35. The second-order valence-electron chi connectivity index (χ2n) is 9.14. The predicted molar refractivity (Wildman–Crippen MR) is 142 cm³/mol. The van der Waals surface area contributed by atoms with Crippen molar-refractivity contribution in [2.45, 2.75) is 26.2 Å². The van der Waals surface area contributed by atoms with Gasteiger partial charge in [-0.15, -0.1) is 0 Å². The molecule has 0 saturated carbocycles. The summed E-state index contributed by atoms with van der Waals surface area (Å²) < 4.78 is 6.87. The Hall–Kier alpha value is -4.32. The van der Waals surface area contributed by atoms with Crippen LogP contribution >= 0.6 is 0 Å². The summed E-state index contributed by atoms with van der Waals surface area (Å²) in [7, 11) is 1.73. The summed E-state index contributed by atoms with van der Waals surface area (Å²) in [6.07, 6.45) is 0.468. The zero-order valence-electron chi connectivity index (χ0n) is 20.5. The molecule has 2 N–H and O–H groups in total. The van der Waals surface area contributed by atoms with E-state index in [1.54, 1.807) is 11.6 Å². The van der Waals surface area contributed by atoms with Crippen LogP contribution < -0.4 is 5.56 Å². The second-order valence-corrected chi connectivity index (χ2v) is 9.14. The van der Waals surface area contributed by atoms with Gasteiger partial charge >= 0.3 is 5.97 Å². The topological polar surface area (TPSA) is 84.3 Å². The molecule has 1 unspecified atom stereocenters. The third-order valence-electron chi connectivity index (χ3n) is 6.80. The average molecular weight is 481 g/mol. The molecule has 3 aromatic carbocycles. The molecule has 0 saturated heterocycles. The van der Waals surface area contributed by atoms with Crippen LogP contribution in [-0.2, 0) is 23.0 Å². The number of fused-ring (bicyclic) bond motifs is 2. The van der Waals surface area contributed by atoms with Gasteiger partial charge in [-0.2, -0.15) is 0 Å². The molecule has 1 atom stereocenters. The Balaban J connectivity index is 1.82. The Morgan fingerprint density at radius 2 is 1.67 bits per heavy atom. The molecule has 2 heterocycles. The lowest BCUT2D eigenvalue weighted by Gasteiger charge is -2.22. The number of carbonyl (C=O) groups excluding carboxylic acids is 1. The van der Waals surface area contributed by atoms with E-state index in [9.17, 15) is 14.7 Å². The molecule has 0 aliphatic heterocycles. The first-order valence-electron chi connectivity index (χ1n) is 12.0. The predicted octanol–water partition coefficient (Wildman–Crippen LogP) is 5.32. The number of hydrogen-bond donors (Lipinski definition) is 2. The Labute approximate surface area is 208 Å². The van der Waals surface area contributed by atoms with E-state index in [-0.39, 0.29) is 23.9 Å². The normalized spacial score (nSPS) is 12.2. The summed E-state index contributed by atoms with van der Waals surface area (Å²) >= 11 is 0. The molecule has 6 nitrogen and oxygen atoms in total. The number of aryl methyl sites for hydroxylation is 2. The number of esters is 1. The lowest BCUT2D eigenvalue weighted by Crippen LogP contribution is -2.25. The SMILES string of the molecule is CC(=O)OCCc1c(C(c2ccc(C)cc2)c2c(O)c3ccccc3n(C)c2=O)[nH]c2ccccc12. The average Bonchev–Trinajstić information content (AvgIpc) is 3.24. The number of H-pyrrole nitrogens is 1. The highest BCUT2D eigenvalue weighted by Gasteiger charge is 2.30. The lowest BCUT2D eigenvalue weighted by atomic mass is 9.85. The van der Waals surface area contributed by atoms with Crippen LogP contribution in [0.1, 0.15) is 40.8 Å². The number of carbonyl (C=O) groups is 1. The highest BCUT2D eigenvalue weighted by atomic mass is 16.5. The monoisotopic (exact) mass is 480 g/mol. The van der Waals surface area contributed by atoms with Crippen LogP contribution in [-0.4, -0.2) is 27.2 Å². The Bertz CT molecular complexity index is 1640. The molecule has 5 aromatic rings. The first-order valence-corrected chi connectivity index (χ1v) is 12.0. The number of pyridine rings is 1. The molecule has 0 aliphatic carbocycles. The van der Waals surface area contributed by atoms with Gasteiger partial charge in [-0.3, -0.25) is 9.59 Å². The van der Waals surface area contributed by atoms with Crippen molar-refractivity contribution in [1.82, 2.24) is 9.55 Å². The van der Waals surface area contributed by atoms with E-state index in [0.29, 0.717) is 22.9 Å². The van der Waals surface area contributed by atoms with E-state index in [1.165, 1.54) is 6.92 Å². The fourth-order valence-corrected chi connectivity index (χ4v) is 5.03. The van der Waals surface area contributed by atoms with E-state index in [2.05, 4.69) is 4.98 Å². The van der Waals surface area contributed by atoms with E-state index < -0.39 is 5.92 Å². The van der Waals surface area contributed by atoms with Crippen LogP contribution in [0.5, 0.6) is 5.75 Å². The van der Waals surface area contributed by atoms with Gasteiger partial charge in [0.1, 0.15) is 5.75 Å². The van der Waals surface area contributed by atoms with Crippen LogP contribution in [0.3, 0.4) is 0 Å². The van der Waals surface area contributed by atoms with Crippen molar-refractivity contribution in [1.29, 1.82) is 0 Å². The van der Waals surface area contributed by atoms with Crippen molar-refractivity contribution in [2.75, 3.05) is 6.61 Å². The quantitative estimate of drug-likeness (QED) is 0.322. The Morgan fingerprint density at radius 3 is 2.39 bits per heavy atom. The Morgan fingerprint density at radius 1 is 1.00 bits per heavy atom. The maximum atomic E-state index is 13.8. The molecule has 36 heavy (non-hydrogen) atoms. The van der Waals surface area contributed by atoms with Crippen LogP contribution in [0.4, 0.5) is 0 Å². The van der Waals surface area contributed by atoms with Crippen LogP contribution in [0, 0.1) is 6.92 Å². The number of ether oxygens (including phenoxy) is 1. The van der Waals surface area contributed by atoms with Gasteiger partial charge in [-0.05, 0) is 36.2 Å². The standard InChI is InChI=1S/C30H28N2O4/c1-18-12-14-20(15-13-18)26(27-29(34)23-9-5-7-11-25(23)32(3)30(27)35)28-22(16-17-36-19(2)33)21-8-4-6-10-24(21)31-28/h4-15,26,31,34H,16-17H2,1-3H3. The number of nitrogens with one attached hydrogen (secondary N) is 1. The molecular weight excluding hydrogens is 452 g/mol. The van der Waals surface area contributed by atoms with Crippen LogP contribution in [0.2, 0.25) is 0 Å². The smallest absolute Gasteiger partial charge is 0.302 e. The number of hydrogen-bond acceptors (Lipinski definition) is 4. The van der Waals surface area contributed by atoms with Crippen LogP contribution in [0.25, 0.3) is 21.8 Å². The van der Waals surface area contributed by atoms with E-state index in [0.717, 1.165) is 33.3 Å². The van der Waals surface area contributed by atoms with Crippen molar-refractivity contribution in [2.24, 2.45) is 7.05 Å². The van der Waals surface area contributed by atoms with Gasteiger partial charge in [-0.25, -0.2) is 0 Å². The summed E-state index contributed by atoms with van der Waals surface area (Å²) in [5, 5.41) is 13.1. The Kier molecular flexibility index (Phi) is 6.10. The minimum Gasteiger partial charge on any atom is -0.507 e. The van der Waals surface area contributed by atoms with E-state index in [4.69, 9.17) is 4.74 Å². The maximum Gasteiger partial charge on any atom is 0.302 e. The molecule has 0 bridgehead atoms. The molecule has 0 amide bonds. The number of benzene rings is 3. The fraction of sp³-hybridized carbons (Fsp3) is 0.200. The summed E-state index contributed by atoms with van der Waals surface area (Å²) in [6.45, 7) is 3.62. The minimum atomic E-state index is -0.561. The van der Waals surface area contributed by atoms with Crippen molar-refractivity contribution in [3.63, 3.8) is 0 Å². The van der Waals surface area contributed by atoms with Gasteiger partial charge in [0, 0.05) is 42.4 Å². The molecule has 182 valence electrons. The molecule has 2 aromatic heterocycles. The van der Waals surface area contributed by atoms with Gasteiger partial charge < -0.3 is 19.4 Å². The van der Waals surface area contributed by atoms with Crippen molar-refractivity contribution in [3.8, 4) is 5.75 Å². The first kappa shape index (κ1) is 23.4. The van der Waals surface area contributed by atoms with Crippen molar-refractivity contribution in [3.05, 3.63) is 111 Å². The summed E-state index contributed by atoms with van der Waals surface area (Å²) in [6, 6.07) is 23.3. The van der Waals surface area contributed by atoms with Gasteiger partial charge in [0.05, 0.1) is 23.6 Å². The minimum absolute atomic E-state index is 0.0242. The number of nitrogens with zero attached hydrogens (tertiary/aromatic N) is 1. The van der Waals surface area contributed by atoms with Gasteiger partial charge in [0.2, 0.25) is 0 Å². The third kappa shape index (κ3) is 4.05. The lowest BCUT2D eigenvalue weighted by molar-refractivity contribution is -0.140. The zero-order chi connectivity index (χ0) is 25.4. The first-order chi connectivity index (χ1) is 17.4. The second kappa shape index (κ2) is 9.38. The van der Waals surface area contributed by atoms with Gasteiger partial charge in [-0.1, -0.05) is 60.2 Å². The third-order valence-corrected chi connectivity index (χ3v) is 6.80. The number of aromatic nitrogens is 2. The molecular formula is C30H28N2O4. The van der Waals surface area contributed by atoms with Gasteiger partial charge in [0.15, 0.2) is 0 Å². The summed E-state index contributed by atoms with van der Waals surface area (Å²) in [5.74, 6) is -0.926. The van der Waals surface area contributed by atoms with E-state index in [1.807, 2.05) is 79.7 Å². The molecule has 0 spiro atoms. The molecule has 0 aliphatic rings. The largest absolute Gasteiger partial charge is 0.507 e. The van der Waals surface area contributed by atoms with Crippen molar-refractivity contribution >= 4 is 27.8 Å². The van der Waals surface area contributed by atoms with E-state index >= 15 is 0 Å². The molecule has 0 fully saturated rings. The molecule has 5 rings (SSSR count). The zero-order valence-corrected chi connectivity index (χ0v) is 20.5. The summed E-state index contributed by atoms with van der Waals surface area (Å²) in [4.78, 5) is 28.8. The fourth-order valence-electron chi connectivity index (χ4n) is 5.03. The molecule has 6 heteroatoms. The number of rotatable bonds is 6. The number of para-hydroxylation sites is 2. The van der Waals surface area contributed by atoms with Crippen molar-refractivity contribution < 1.29 is 14.6 Å². The highest BCUT2D eigenvalue weighted by Crippen LogP contribution is 2.41. The number of aromatic amines is 1.